The maximum absolute atomic E-state index is 6.00. The average Bonchev–Trinajstić information content (AvgIpc) is 2.37. The molecule has 1 atom stereocenters. The van der Waals surface area contributed by atoms with Crippen LogP contribution in [0.15, 0.2) is 18.2 Å². The van der Waals surface area contributed by atoms with E-state index in [1.54, 1.807) is 0 Å². The molecule has 1 aromatic carbocycles. The molecular weight excluding hydrogens is 248 g/mol. The molecule has 110 valence electrons. The van der Waals surface area contributed by atoms with Gasteiger partial charge in [-0.25, -0.2) is 0 Å². The van der Waals surface area contributed by atoms with Crippen molar-refractivity contribution in [3.63, 3.8) is 0 Å². The first-order valence-electron chi connectivity index (χ1n) is 7.78. The Morgan fingerprint density at radius 3 is 3.05 bits per heavy atom. The number of morpholine rings is 1. The van der Waals surface area contributed by atoms with Crippen LogP contribution in [0.1, 0.15) is 38.3 Å². The lowest BCUT2D eigenvalue weighted by molar-refractivity contribution is -0.130. The number of hydrogen-bond acceptors (Lipinski definition) is 3. The lowest BCUT2D eigenvalue weighted by Crippen LogP contribution is -2.51. The predicted molar refractivity (Wildman–Crippen MR) is 83.2 cm³/mol. The summed E-state index contributed by atoms with van der Waals surface area (Å²) in [6.45, 7) is 10.8. The van der Waals surface area contributed by atoms with Crippen molar-refractivity contribution in [3.05, 3.63) is 29.3 Å². The van der Waals surface area contributed by atoms with Gasteiger partial charge in [-0.05, 0) is 50.8 Å². The van der Waals surface area contributed by atoms with Crippen molar-refractivity contribution in [2.45, 2.75) is 51.9 Å². The first kappa shape index (κ1) is 13.9. The second-order valence-corrected chi connectivity index (χ2v) is 6.83. The van der Waals surface area contributed by atoms with E-state index in [1.165, 1.54) is 29.7 Å². The molecule has 0 radical (unpaired) electrons. The van der Waals surface area contributed by atoms with Crippen molar-refractivity contribution in [3.8, 4) is 0 Å². The average molecular weight is 274 g/mol. The van der Waals surface area contributed by atoms with Crippen molar-refractivity contribution < 1.29 is 4.74 Å². The lowest BCUT2D eigenvalue weighted by Gasteiger charge is -2.42. The zero-order valence-electron chi connectivity index (χ0n) is 12.9. The van der Waals surface area contributed by atoms with Crippen LogP contribution in [0.3, 0.4) is 0 Å². The summed E-state index contributed by atoms with van der Waals surface area (Å²) in [5, 5.41) is 3.52. The second-order valence-electron chi connectivity index (χ2n) is 6.83. The second kappa shape index (κ2) is 5.38. The van der Waals surface area contributed by atoms with Crippen molar-refractivity contribution >= 4 is 5.69 Å². The first-order valence-corrected chi connectivity index (χ1v) is 7.78. The molecule has 0 spiro atoms. The van der Waals surface area contributed by atoms with Gasteiger partial charge in [-0.15, -0.1) is 0 Å². The Morgan fingerprint density at radius 1 is 1.40 bits per heavy atom. The van der Waals surface area contributed by atoms with Gasteiger partial charge in [0, 0.05) is 31.9 Å². The maximum Gasteiger partial charge on any atom is 0.0757 e. The summed E-state index contributed by atoms with van der Waals surface area (Å²) in [5.74, 6) is 0. The summed E-state index contributed by atoms with van der Waals surface area (Å²) in [6.07, 6.45) is 2.77. The summed E-state index contributed by atoms with van der Waals surface area (Å²) >= 11 is 0. The van der Waals surface area contributed by atoms with Gasteiger partial charge in [0.15, 0.2) is 0 Å². The topological polar surface area (TPSA) is 24.5 Å². The number of ether oxygens (including phenoxy) is 1. The van der Waals surface area contributed by atoms with Gasteiger partial charge >= 0.3 is 0 Å². The molecular formula is C17H26N2O. The van der Waals surface area contributed by atoms with Gasteiger partial charge in [-0.3, -0.25) is 4.90 Å². The lowest BCUT2D eigenvalue weighted by atomic mass is 9.96. The van der Waals surface area contributed by atoms with Gasteiger partial charge in [0.25, 0.3) is 0 Å². The Hall–Kier alpha value is -1.06. The Kier molecular flexibility index (Phi) is 3.74. The van der Waals surface area contributed by atoms with Crippen LogP contribution in [0, 0.1) is 0 Å². The molecule has 2 aliphatic heterocycles. The summed E-state index contributed by atoms with van der Waals surface area (Å²) in [6, 6.07) is 6.68. The largest absolute Gasteiger partial charge is 0.385 e. The third-order valence-electron chi connectivity index (χ3n) is 4.23. The zero-order valence-corrected chi connectivity index (χ0v) is 12.9. The molecule has 0 amide bonds. The van der Waals surface area contributed by atoms with Gasteiger partial charge in [0.1, 0.15) is 0 Å². The third kappa shape index (κ3) is 2.99. The molecule has 0 bridgehead atoms. The summed E-state index contributed by atoms with van der Waals surface area (Å²) in [7, 11) is 0. The molecule has 1 aromatic rings. The van der Waals surface area contributed by atoms with Gasteiger partial charge < -0.3 is 10.1 Å². The highest BCUT2D eigenvalue weighted by atomic mass is 16.5. The van der Waals surface area contributed by atoms with Crippen molar-refractivity contribution in [1.82, 2.24) is 4.90 Å². The fraction of sp³-hybridized carbons (Fsp3) is 0.647. The molecule has 3 nitrogen and oxygen atoms in total. The predicted octanol–water partition coefficient (Wildman–Crippen LogP) is 3.04. The van der Waals surface area contributed by atoms with Crippen LogP contribution in [0.5, 0.6) is 0 Å². The molecule has 1 N–H and O–H groups in total. The highest BCUT2D eigenvalue weighted by molar-refractivity contribution is 5.56. The van der Waals surface area contributed by atoms with E-state index in [4.69, 9.17) is 4.74 Å². The van der Waals surface area contributed by atoms with Crippen LogP contribution < -0.4 is 5.32 Å². The van der Waals surface area contributed by atoms with E-state index in [2.05, 4.69) is 49.2 Å². The minimum atomic E-state index is -0.0369. The number of anilines is 1. The van der Waals surface area contributed by atoms with Crippen LogP contribution in [0.4, 0.5) is 5.69 Å². The normalized spacial score (nSPS) is 25.9. The molecule has 0 aliphatic carbocycles. The molecule has 3 rings (SSSR count). The van der Waals surface area contributed by atoms with Crippen molar-refractivity contribution in [2.24, 2.45) is 0 Å². The van der Waals surface area contributed by atoms with E-state index in [0.717, 1.165) is 26.2 Å². The summed E-state index contributed by atoms with van der Waals surface area (Å²) in [5.41, 5.74) is 4.31. The number of rotatable bonds is 2. The Labute approximate surface area is 122 Å². The third-order valence-corrected chi connectivity index (χ3v) is 4.23. The fourth-order valence-electron chi connectivity index (χ4n) is 3.68. The number of benzene rings is 1. The number of hydrogen-bond donors (Lipinski definition) is 1. The van der Waals surface area contributed by atoms with Crippen LogP contribution in [0.25, 0.3) is 0 Å². The minimum Gasteiger partial charge on any atom is -0.385 e. The zero-order chi connectivity index (χ0) is 14.2. The van der Waals surface area contributed by atoms with Crippen molar-refractivity contribution in [2.75, 3.05) is 25.0 Å². The Balaban J connectivity index is 1.78. The summed E-state index contributed by atoms with van der Waals surface area (Å²) in [4.78, 5) is 2.54. The van der Waals surface area contributed by atoms with E-state index in [-0.39, 0.29) is 5.60 Å². The standard InChI is InChI=1S/C17H26N2O/c1-13-10-19(12-17(2,3)20-13)11-14-6-4-8-16-15(14)7-5-9-18-16/h4,6,8,13,18H,5,7,9-12H2,1-3H3. The fourth-order valence-corrected chi connectivity index (χ4v) is 3.68. The number of nitrogens with zero attached hydrogens (tertiary/aromatic N) is 1. The van der Waals surface area contributed by atoms with Crippen LogP contribution >= 0.6 is 0 Å². The van der Waals surface area contributed by atoms with Crippen LogP contribution in [0.2, 0.25) is 0 Å². The van der Waals surface area contributed by atoms with Crippen LogP contribution in [-0.4, -0.2) is 36.2 Å². The van der Waals surface area contributed by atoms with Gasteiger partial charge in [0.05, 0.1) is 11.7 Å². The molecule has 0 saturated carbocycles. The van der Waals surface area contributed by atoms with Crippen LogP contribution in [-0.2, 0) is 17.7 Å². The highest BCUT2D eigenvalue weighted by Crippen LogP contribution is 2.28. The van der Waals surface area contributed by atoms with Gasteiger partial charge in [0.2, 0.25) is 0 Å². The molecule has 0 aromatic heterocycles. The number of fused-ring (bicyclic) bond motifs is 1. The highest BCUT2D eigenvalue weighted by Gasteiger charge is 2.31. The molecule has 1 fully saturated rings. The molecule has 3 heteroatoms. The molecule has 2 heterocycles. The molecule has 20 heavy (non-hydrogen) atoms. The van der Waals surface area contributed by atoms with E-state index < -0.39 is 0 Å². The molecule has 1 unspecified atom stereocenters. The van der Waals surface area contributed by atoms with Crippen molar-refractivity contribution in [1.29, 1.82) is 0 Å². The van der Waals surface area contributed by atoms with Gasteiger partial charge in [-0.1, -0.05) is 12.1 Å². The molecule has 2 aliphatic rings. The smallest absolute Gasteiger partial charge is 0.0757 e. The van der Waals surface area contributed by atoms with E-state index >= 15 is 0 Å². The summed E-state index contributed by atoms with van der Waals surface area (Å²) < 4.78 is 6.00. The monoisotopic (exact) mass is 274 g/mol. The maximum atomic E-state index is 6.00. The minimum absolute atomic E-state index is 0.0369. The van der Waals surface area contributed by atoms with E-state index in [1.807, 2.05) is 0 Å². The quantitative estimate of drug-likeness (QED) is 0.897. The van der Waals surface area contributed by atoms with E-state index in [9.17, 15) is 0 Å². The Bertz CT molecular complexity index is 484. The first-order chi connectivity index (χ1) is 9.53. The number of nitrogens with one attached hydrogen (secondary N) is 1. The molecule has 1 saturated heterocycles. The Morgan fingerprint density at radius 2 is 2.25 bits per heavy atom. The van der Waals surface area contributed by atoms with Gasteiger partial charge in [-0.2, -0.15) is 0 Å². The van der Waals surface area contributed by atoms with E-state index in [0.29, 0.717) is 6.10 Å². The SMILES string of the molecule is CC1CN(Cc2cccc3c2CCCN3)CC(C)(C)O1.